The number of aromatic carboxylic acids is 1. The van der Waals surface area contributed by atoms with E-state index in [0.717, 1.165) is 18.2 Å². The Labute approximate surface area is 109 Å². The van der Waals surface area contributed by atoms with Gasteiger partial charge in [-0.1, -0.05) is 0 Å². The number of hydrogen-bond acceptors (Lipinski definition) is 3. The van der Waals surface area contributed by atoms with E-state index < -0.39 is 17.8 Å². The molecule has 1 aromatic rings. The first-order chi connectivity index (χ1) is 8.95. The van der Waals surface area contributed by atoms with Crippen LogP contribution < -0.4 is 5.32 Å². The van der Waals surface area contributed by atoms with Gasteiger partial charge in [0.2, 0.25) is 0 Å². The number of anilines is 1. The molecule has 0 aromatic heterocycles. The van der Waals surface area contributed by atoms with Gasteiger partial charge in [0, 0.05) is 20.7 Å². The van der Waals surface area contributed by atoms with E-state index >= 15 is 0 Å². The normalized spacial score (nSPS) is 10.1. The highest BCUT2D eigenvalue weighted by Crippen LogP contribution is 2.17. The van der Waals surface area contributed by atoms with Crippen molar-refractivity contribution in [2.45, 2.75) is 0 Å². The molecule has 6 nitrogen and oxygen atoms in total. The molecule has 7 heteroatoms. The highest BCUT2D eigenvalue weighted by Gasteiger charge is 2.15. The zero-order chi connectivity index (χ0) is 14.4. The summed E-state index contributed by atoms with van der Waals surface area (Å²) in [7, 11) is 3.02. The van der Waals surface area contributed by atoms with Crippen LogP contribution in [0.2, 0.25) is 0 Å². The third-order valence-electron chi connectivity index (χ3n) is 2.43. The minimum atomic E-state index is -1.24. The van der Waals surface area contributed by atoms with Crippen molar-refractivity contribution in [2.24, 2.45) is 0 Å². The van der Waals surface area contributed by atoms with Crippen molar-refractivity contribution in [3.05, 3.63) is 29.6 Å². The lowest BCUT2D eigenvalue weighted by molar-refractivity contribution is 0.0698. The van der Waals surface area contributed by atoms with Gasteiger partial charge in [-0.25, -0.2) is 14.0 Å². The number of carboxylic acid groups (broad SMARTS) is 1. The highest BCUT2D eigenvalue weighted by atomic mass is 19.1. The number of carbonyl (C=O) groups excluding carboxylic acids is 1. The topological polar surface area (TPSA) is 78.9 Å². The summed E-state index contributed by atoms with van der Waals surface area (Å²) in [5, 5.41) is 11.3. The number of nitrogens with zero attached hydrogens (tertiary/aromatic N) is 1. The second-order valence-electron chi connectivity index (χ2n) is 3.84. The number of hydrogen-bond donors (Lipinski definition) is 2. The van der Waals surface area contributed by atoms with Crippen molar-refractivity contribution in [3.8, 4) is 0 Å². The maximum absolute atomic E-state index is 13.1. The fourth-order valence-corrected chi connectivity index (χ4v) is 1.35. The van der Waals surface area contributed by atoms with Gasteiger partial charge >= 0.3 is 12.0 Å². The van der Waals surface area contributed by atoms with E-state index in [0.29, 0.717) is 13.2 Å². The average Bonchev–Trinajstić information content (AvgIpc) is 2.35. The Morgan fingerprint density at radius 3 is 2.74 bits per heavy atom. The third kappa shape index (κ3) is 4.22. The molecule has 0 saturated carbocycles. The average molecular weight is 270 g/mol. The van der Waals surface area contributed by atoms with Crippen molar-refractivity contribution in [2.75, 3.05) is 32.6 Å². The monoisotopic (exact) mass is 270 g/mol. The number of urea groups is 1. The number of carbonyl (C=O) groups is 2. The molecular weight excluding hydrogens is 255 g/mol. The van der Waals surface area contributed by atoms with Gasteiger partial charge < -0.3 is 20.1 Å². The molecule has 0 fully saturated rings. The molecule has 0 heterocycles. The molecule has 0 atom stereocenters. The van der Waals surface area contributed by atoms with Crippen LogP contribution in [0.1, 0.15) is 10.4 Å². The maximum Gasteiger partial charge on any atom is 0.337 e. The van der Waals surface area contributed by atoms with Gasteiger partial charge in [-0.15, -0.1) is 0 Å². The minimum absolute atomic E-state index is 0.0817. The van der Waals surface area contributed by atoms with E-state index in [4.69, 9.17) is 9.84 Å². The van der Waals surface area contributed by atoms with E-state index in [-0.39, 0.29) is 11.3 Å². The Morgan fingerprint density at radius 1 is 1.47 bits per heavy atom. The van der Waals surface area contributed by atoms with Gasteiger partial charge in [0.05, 0.1) is 17.9 Å². The lowest BCUT2D eigenvalue weighted by Crippen LogP contribution is -2.34. The van der Waals surface area contributed by atoms with Crippen LogP contribution in [-0.4, -0.2) is 49.3 Å². The van der Waals surface area contributed by atoms with E-state index in [1.54, 1.807) is 0 Å². The molecule has 2 N–H and O–H groups in total. The number of rotatable bonds is 5. The van der Waals surface area contributed by atoms with Gasteiger partial charge in [0.1, 0.15) is 5.82 Å². The summed E-state index contributed by atoms with van der Waals surface area (Å²) in [4.78, 5) is 24.0. The maximum atomic E-state index is 13.1. The molecule has 19 heavy (non-hydrogen) atoms. The number of amides is 2. The van der Waals surface area contributed by atoms with Crippen LogP contribution >= 0.6 is 0 Å². The van der Waals surface area contributed by atoms with Gasteiger partial charge in [-0.3, -0.25) is 0 Å². The predicted octanol–water partition coefficient (Wildman–Crippen LogP) is 1.63. The van der Waals surface area contributed by atoms with Crippen LogP contribution in [0, 0.1) is 5.82 Å². The Morgan fingerprint density at radius 2 is 2.16 bits per heavy atom. The Bertz CT molecular complexity index is 479. The van der Waals surface area contributed by atoms with Gasteiger partial charge in [0.25, 0.3) is 0 Å². The lowest BCUT2D eigenvalue weighted by Gasteiger charge is -2.18. The fourth-order valence-electron chi connectivity index (χ4n) is 1.35. The van der Waals surface area contributed by atoms with E-state index in [1.807, 2.05) is 0 Å². The molecule has 104 valence electrons. The summed E-state index contributed by atoms with van der Waals surface area (Å²) in [6, 6.07) is 2.55. The van der Waals surface area contributed by atoms with Crippen LogP contribution in [0.5, 0.6) is 0 Å². The molecule has 0 radical (unpaired) electrons. The predicted molar refractivity (Wildman–Crippen MR) is 66.9 cm³/mol. The molecule has 0 saturated heterocycles. The Hall–Kier alpha value is -2.15. The number of benzene rings is 1. The first kappa shape index (κ1) is 14.9. The Kier molecular flexibility index (Phi) is 5.25. The van der Waals surface area contributed by atoms with Gasteiger partial charge in [-0.05, 0) is 18.2 Å². The largest absolute Gasteiger partial charge is 0.478 e. The molecule has 0 bridgehead atoms. The van der Waals surface area contributed by atoms with Gasteiger partial charge in [-0.2, -0.15) is 0 Å². The molecule has 1 rings (SSSR count). The summed E-state index contributed by atoms with van der Waals surface area (Å²) in [6.45, 7) is 0.679. The summed E-state index contributed by atoms with van der Waals surface area (Å²) < 4.78 is 17.9. The molecule has 0 aliphatic rings. The standard InChI is InChI=1S/C12H15FN2O4/c1-15(5-6-19-2)12(18)14-10-7-8(13)3-4-9(10)11(16)17/h3-4,7H,5-6H2,1-2H3,(H,14,18)(H,16,17). The van der Waals surface area contributed by atoms with Crippen LogP contribution in [-0.2, 0) is 4.74 Å². The molecule has 0 unspecified atom stereocenters. The molecule has 1 aromatic carbocycles. The number of likely N-dealkylation sites (N-methyl/N-ethyl adjacent to an activating group) is 1. The zero-order valence-electron chi connectivity index (χ0n) is 10.6. The number of methoxy groups -OCH3 is 1. The van der Waals surface area contributed by atoms with Crippen LogP contribution in [0.15, 0.2) is 18.2 Å². The third-order valence-corrected chi connectivity index (χ3v) is 2.43. The quantitative estimate of drug-likeness (QED) is 0.852. The number of ether oxygens (including phenoxy) is 1. The van der Waals surface area contributed by atoms with Gasteiger partial charge in [0.15, 0.2) is 0 Å². The van der Waals surface area contributed by atoms with E-state index in [9.17, 15) is 14.0 Å². The van der Waals surface area contributed by atoms with E-state index in [1.165, 1.54) is 19.1 Å². The number of nitrogens with one attached hydrogen (secondary N) is 1. The summed E-state index contributed by atoms with van der Waals surface area (Å²) in [5.74, 6) is -1.87. The minimum Gasteiger partial charge on any atom is -0.478 e. The molecular formula is C12H15FN2O4. The van der Waals surface area contributed by atoms with Crippen molar-refractivity contribution < 1.29 is 23.8 Å². The van der Waals surface area contributed by atoms with Crippen LogP contribution in [0.4, 0.5) is 14.9 Å². The molecule has 2 amide bonds. The Balaban J connectivity index is 2.83. The molecule has 0 aliphatic carbocycles. The molecule has 0 aliphatic heterocycles. The first-order valence-corrected chi connectivity index (χ1v) is 5.49. The number of halogens is 1. The smallest absolute Gasteiger partial charge is 0.337 e. The first-order valence-electron chi connectivity index (χ1n) is 5.49. The van der Waals surface area contributed by atoms with Crippen LogP contribution in [0.3, 0.4) is 0 Å². The van der Waals surface area contributed by atoms with Crippen molar-refractivity contribution in [3.63, 3.8) is 0 Å². The molecule has 0 spiro atoms. The summed E-state index contributed by atoms with van der Waals surface area (Å²) in [6.07, 6.45) is 0. The lowest BCUT2D eigenvalue weighted by atomic mass is 10.2. The van der Waals surface area contributed by atoms with E-state index in [2.05, 4.69) is 5.32 Å². The summed E-state index contributed by atoms with van der Waals surface area (Å²) >= 11 is 0. The van der Waals surface area contributed by atoms with Crippen molar-refractivity contribution >= 4 is 17.7 Å². The summed E-state index contributed by atoms with van der Waals surface area (Å²) in [5.41, 5.74) is -0.253. The van der Waals surface area contributed by atoms with Crippen LogP contribution in [0.25, 0.3) is 0 Å². The fraction of sp³-hybridized carbons (Fsp3) is 0.333. The SMILES string of the molecule is COCCN(C)C(=O)Nc1cc(F)ccc1C(=O)O. The second-order valence-corrected chi connectivity index (χ2v) is 3.84. The zero-order valence-corrected chi connectivity index (χ0v) is 10.6. The van der Waals surface area contributed by atoms with Crippen molar-refractivity contribution in [1.29, 1.82) is 0 Å². The highest BCUT2D eigenvalue weighted by molar-refractivity contribution is 5.99. The second kappa shape index (κ2) is 6.69. The van der Waals surface area contributed by atoms with Crippen molar-refractivity contribution in [1.82, 2.24) is 4.90 Å². The number of carboxylic acids is 1.